The number of carbonyl (C=O) groups is 1. The molecule has 0 atom stereocenters. The van der Waals surface area contributed by atoms with Crippen molar-refractivity contribution in [2.24, 2.45) is 0 Å². The van der Waals surface area contributed by atoms with Gasteiger partial charge in [-0.15, -0.1) is 0 Å². The number of piperazine rings is 1. The molecule has 3 heterocycles. The third-order valence-electron chi connectivity index (χ3n) is 4.98. The minimum Gasteiger partial charge on any atom is -0.337 e. The molecule has 1 aliphatic heterocycles. The van der Waals surface area contributed by atoms with E-state index in [0.29, 0.717) is 30.2 Å². The number of benzene rings is 1. The van der Waals surface area contributed by atoms with Gasteiger partial charge in [0.05, 0.1) is 11.3 Å². The zero-order valence-electron chi connectivity index (χ0n) is 16.0. The molecule has 0 saturated carbocycles. The highest BCUT2D eigenvalue weighted by Gasteiger charge is 2.24. The minimum atomic E-state index is -0.388. The van der Waals surface area contributed by atoms with Crippen LogP contribution in [0.15, 0.2) is 67.1 Å². The van der Waals surface area contributed by atoms with Crippen molar-refractivity contribution in [2.45, 2.75) is 6.54 Å². The first-order valence-electron chi connectivity index (χ1n) is 9.58. The van der Waals surface area contributed by atoms with Gasteiger partial charge >= 0.3 is 0 Å². The third kappa shape index (κ3) is 4.57. The maximum atomic E-state index is 14.0. The molecule has 1 aromatic carbocycles. The Kier molecular flexibility index (Phi) is 5.76. The van der Waals surface area contributed by atoms with Gasteiger partial charge in [-0.25, -0.2) is 9.37 Å². The number of aromatic nitrogens is 2. The summed E-state index contributed by atoms with van der Waals surface area (Å²) in [4.78, 5) is 25.5. The SMILES string of the molecule is O=C(c1cccnc1Nc1ccccc1F)N1CCN(Cc2ccncc2)CC1. The molecule has 1 amide bonds. The van der Waals surface area contributed by atoms with Crippen LogP contribution in [0.25, 0.3) is 0 Å². The van der Waals surface area contributed by atoms with Crippen LogP contribution in [-0.2, 0) is 6.54 Å². The number of carbonyl (C=O) groups excluding carboxylic acids is 1. The van der Waals surface area contributed by atoms with Crippen molar-refractivity contribution >= 4 is 17.4 Å². The molecule has 1 N–H and O–H groups in total. The largest absolute Gasteiger partial charge is 0.337 e. The second-order valence-electron chi connectivity index (χ2n) is 6.93. The standard InChI is InChI=1S/C22H22FN5O/c23-19-5-1-2-6-20(19)26-21-18(4-3-9-25-21)22(29)28-14-12-27(13-15-28)16-17-7-10-24-11-8-17/h1-11H,12-16H2,(H,25,26). The van der Waals surface area contributed by atoms with Crippen LogP contribution in [0.2, 0.25) is 0 Å². The van der Waals surface area contributed by atoms with Gasteiger partial charge in [-0.2, -0.15) is 0 Å². The second-order valence-corrected chi connectivity index (χ2v) is 6.93. The molecule has 0 spiro atoms. The number of hydrogen-bond donors (Lipinski definition) is 1. The molecule has 0 aliphatic carbocycles. The number of para-hydroxylation sites is 1. The van der Waals surface area contributed by atoms with Gasteiger partial charge in [0.25, 0.3) is 5.91 Å². The summed E-state index contributed by atoms with van der Waals surface area (Å²) in [5, 5.41) is 2.95. The Morgan fingerprint density at radius 3 is 2.48 bits per heavy atom. The number of pyridine rings is 2. The fraction of sp³-hybridized carbons (Fsp3) is 0.227. The Morgan fingerprint density at radius 2 is 1.72 bits per heavy atom. The highest BCUT2D eigenvalue weighted by atomic mass is 19.1. The number of nitrogens with zero attached hydrogens (tertiary/aromatic N) is 4. The maximum absolute atomic E-state index is 14.0. The average Bonchev–Trinajstić information content (AvgIpc) is 2.77. The monoisotopic (exact) mass is 391 g/mol. The molecule has 7 heteroatoms. The summed E-state index contributed by atoms with van der Waals surface area (Å²) < 4.78 is 14.0. The topological polar surface area (TPSA) is 61.4 Å². The predicted molar refractivity (Wildman–Crippen MR) is 109 cm³/mol. The van der Waals surface area contributed by atoms with E-state index in [1.165, 1.54) is 11.6 Å². The van der Waals surface area contributed by atoms with Crippen molar-refractivity contribution in [3.05, 3.63) is 84.1 Å². The number of nitrogens with one attached hydrogen (secondary N) is 1. The third-order valence-corrected chi connectivity index (χ3v) is 4.98. The smallest absolute Gasteiger partial charge is 0.257 e. The fourth-order valence-corrected chi connectivity index (χ4v) is 3.39. The molecule has 0 unspecified atom stereocenters. The lowest BCUT2D eigenvalue weighted by atomic mass is 10.1. The number of amides is 1. The van der Waals surface area contributed by atoms with Crippen molar-refractivity contribution in [2.75, 3.05) is 31.5 Å². The van der Waals surface area contributed by atoms with Crippen LogP contribution in [0.5, 0.6) is 0 Å². The predicted octanol–water partition coefficient (Wildman–Crippen LogP) is 3.32. The van der Waals surface area contributed by atoms with Crippen molar-refractivity contribution in [3.8, 4) is 0 Å². The van der Waals surface area contributed by atoms with Crippen molar-refractivity contribution in [3.63, 3.8) is 0 Å². The van der Waals surface area contributed by atoms with Crippen LogP contribution < -0.4 is 5.32 Å². The lowest BCUT2D eigenvalue weighted by molar-refractivity contribution is 0.0629. The molecule has 6 nitrogen and oxygen atoms in total. The molecule has 0 radical (unpaired) electrons. The summed E-state index contributed by atoms with van der Waals surface area (Å²) in [6.07, 6.45) is 5.18. The summed E-state index contributed by atoms with van der Waals surface area (Å²) in [6.45, 7) is 3.71. The van der Waals surface area contributed by atoms with Crippen LogP contribution >= 0.6 is 0 Å². The first-order chi connectivity index (χ1) is 14.2. The van der Waals surface area contributed by atoms with Crippen molar-refractivity contribution < 1.29 is 9.18 Å². The van der Waals surface area contributed by atoms with Crippen LogP contribution in [0.1, 0.15) is 15.9 Å². The van der Waals surface area contributed by atoms with E-state index < -0.39 is 0 Å². The van der Waals surface area contributed by atoms with Crippen LogP contribution in [0.4, 0.5) is 15.9 Å². The van der Waals surface area contributed by atoms with E-state index in [1.54, 1.807) is 48.9 Å². The van der Waals surface area contributed by atoms with Gasteiger partial charge in [0.1, 0.15) is 11.6 Å². The summed E-state index contributed by atoms with van der Waals surface area (Å²) >= 11 is 0. The summed E-state index contributed by atoms with van der Waals surface area (Å²) in [5.41, 5.74) is 1.95. The molecule has 29 heavy (non-hydrogen) atoms. The van der Waals surface area contributed by atoms with Gasteiger partial charge in [-0.3, -0.25) is 14.7 Å². The first kappa shape index (κ1) is 19.0. The minimum absolute atomic E-state index is 0.0968. The summed E-state index contributed by atoms with van der Waals surface area (Å²) in [5.74, 6) is -0.122. The lowest BCUT2D eigenvalue weighted by Crippen LogP contribution is -2.48. The van der Waals surface area contributed by atoms with E-state index in [1.807, 2.05) is 17.0 Å². The molecule has 148 valence electrons. The highest BCUT2D eigenvalue weighted by Crippen LogP contribution is 2.22. The van der Waals surface area contributed by atoms with E-state index in [9.17, 15) is 9.18 Å². The van der Waals surface area contributed by atoms with Gasteiger partial charge in [0.2, 0.25) is 0 Å². The van der Waals surface area contributed by atoms with E-state index in [-0.39, 0.29) is 11.7 Å². The molecule has 1 saturated heterocycles. The zero-order chi connectivity index (χ0) is 20.1. The van der Waals surface area contributed by atoms with E-state index >= 15 is 0 Å². The Bertz CT molecular complexity index is 974. The van der Waals surface area contributed by atoms with E-state index in [2.05, 4.69) is 20.2 Å². The summed E-state index contributed by atoms with van der Waals surface area (Å²) in [7, 11) is 0. The zero-order valence-corrected chi connectivity index (χ0v) is 16.0. The van der Waals surface area contributed by atoms with Gasteiger partial charge < -0.3 is 10.2 Å². The normalized spacial score (nSPS) is 14.6. The number of hydrogen-bond acceptors (Lipinski definition) is 5. The van der Waals surface area contributed by atoms with Gasteiger partial charge in [-0.1, -0.05) is 12.1 Å². The Balaban J connectivity index is 1.42. The Hall–Kier alpha value is -3.32. The quantitative estimate of drug-likeness (QED) is 0.723. The van der Waals surface area contributed by atoms with Crippen molar-refractivity contribution in [1.82, 2.24) is 19.8 Å². The van der Waals surface area contributed by atoms with Crippen LogP contribution in [-0.4, -0.2) is 51.9 Å². The van der Waals surface area contributed by atoms with Crippen molar-refractivity contribution in [1.29, 1.82) is 0 Å². The molecule has 3 aromatic rings. The fourth-order valence-electron chi connectivity index (χ4n) is 3.39. The molecule has 1 aliphatic rings. The van der Waals surface area contributed by atoms with Crippen LogP contribution in [0.3, 0.4) is 0 Å². The molecule has 2 aromatic heterocycles. The second kappa shape index (κ2) is 8.79. The van der Waals surface area contributed by atoms with E-state index in [0.717, 1.165) is 19.6 Å². The lowest BCUT2D eigenvalue weighted by Gasteiger charge is -2.35. The molecule has 4 rings (SSSR count). The van der Waals surface area contributed by atoms with Gasteiger partial charge in [0, 0.05) is 51.3 Å². The first-order valence-corrected chi connectivity index (χ1v) is 9.58. The number of anilines is 2. The molecule has 0 bridgehead atoms. The average molecular weight is 391 g/mol. The Labute approximate surface area is 169 Å². The van der Waals surface area contributed by atoms with Gasteiger partial charge in [0.15, 0.2) is 0 Å². The molecule has 1 fully saturated rings. The Morgan fingerprint density at radius 1 is 0.966 bits per heavy atom. The maximum Gasteiger partial charge on any atom is 0.257 e. The summed E-state index contributed by atoms with van der Waals surface area (Å²) in [6, 6.07) is 13.8. The molecular formula is C22H22FN5O. The van der Waals surface area contributed by atoms with E-state index in [4.69, 9.17) is 0 Å². The van der Waals surface area contributed by atoms with Gasteiger partial charge in [-0.05, 0) is 42.0 Å². The van der Waals surface area contributed by atoms with Crippen LogP contribution in [0, 0.1) is 5.82 Å². The molecular weight excluding hydrogens is 369 g/mol. The highest BCUT2D eigenvalue weighted by molar-refractivity contribution is 5.99. The number of rotatable bonds is 5. The number of halogens is 1.